The summed E-state index contributed by atoms with van der Waals surface area (Å²) in [4.78, 5) is 21.5. The van der Waals surface area contributed by atoms with Crippen molar-refractivity contribution in [1.82, 2.24) is 19.5 Å². The molecule has 1 aromatic carbocycles. The smallest absolute Gasteiger partial charge is 0.269 e. The number of nitrogens with zero attached hydrogens (tertiary/aromatic N) is 4. The third-order valence-electron chi connectivity index (χ3n) is 5.07. The molecule has 0 spiro atoms. The van der Waals surface area contributed by atoms with E-state index in [4.69, 9.17) is 17.0 Å². The number of rotatable bonds is 5. The summed E-state index contributed by atoms with van der Waals surface area (Å²) < 4.78 is 7.71. The molecule has 3 heterocycles. The van der Waals surface area contributed by atoms with Gasteiger partial charge in [0.25, 0.3) is 5.69 Å². The molecular weight excluding hydrogens is 402 g/mol. The molecule has 0 amide bonds. The molecule has 1 aliphatic rings. The molecule has 0 bridgehead atoms. The van der Waals surface area contributed by atoms with Crippen molar-refractivity contribution < 1.29 is 25.0 Å². The number of ether oxygens (including phenoxy) is 1. The van der Waals surface area contributed by atoms with Gasteiger partial charge in [-0.15, -0.1) is 0 Å². The van der Waals surface area contributed by atoms with Gasteiger partial charge in [-0.25, -0.2) is 9.97 Å². The summed E-state index contributed by atoms with van der Waals surface area (Å²) in [5.41, 5.74) is -0.223. The molecule has 0 radical (unpaired) electrons. The molecular formula is C17H17N5O6S. The Labute approximate surface area is 168 Å². The van der Waals surface area contributed by atoms with Crippen LogP contribution in [-0.2, 0) is 16.9 Å². The first-order chi connectivity index (χ1) is 13.9. The number of H-pyrrole nitrogens is 1. The van der Waals surface area contributed by atoms with Crippen molar-refractivity contribution in [2.45, 2.75) is 30.5 Å². The average Bonchev–Trinajstić information content (AvgIpc) is 3.25. The zero-order chi connectivity index (χ0) is 20.8. The predicted molar refractivity (Wildman–Crippen MR) is 101 cm³/mol. The fraction of sp³-hybridized carbons (Fsp3) is 0.353. The van der Waals surface area contributed by atoms with E-state index in [2.05, 4.69) is 15.0 Å². The number of aliphatic hydroxyl groups excluding tert-OH is 3. The Morgan fingerprint density at radius 2 is 2.03 bits per heavy atom. The number of non-ortho nitro benzene ring substituents is 1. The maximum atomic E-state index is 10.9. The first-order valence-corrected chi connectivity index (χ1v) is 9.07. The van der Waals surface area contributed by atoms with E-state index in [0.29, 0.717) is 16.7 Å². The van der Waals surface area contributed by atoms with Gasteiger partial charge in [0.1, 0.15) is 29.5 Å². The van der Waals surface area contributed by atoms with Crippen LogP contribution in [0.15, 0.2) is 36.9 Å². The van der Waals surface area contributed by atoms with E-state index in [9.17, 15) is 25.4 Å². The highest BCUT2D eigenvalue weighted by molar-refractivity contribution is 7.71. The van der Waals surface area contributed by atoms with E-state index in [1.54, 1.807) is 0 Å². The Balaban J connectivity index is 1.85. The van der Waals surface area contributed by atoms with Crippen molar-refractivity contribution in [2.75, 3.05) is 6.61 Å². The molecule has 0 unspecified atom stereocenters. The first kappa shape index (κ1) is 19.5. The number of nitrogens with one attached hydrogen (secondary N) is 1. The Bertz CT molecular complexity index is 1120. The van der Waals surface area contributed by atoms with E-state index in [1.165, 1.54) is 41.5 Å². The third-order valence-corrected chi connectivity index (χ3v) is 5.37. The van der Waals surface area contributed by atoms with Crippen molar-refractivity contribution in [3.05, 3.63) is 57.2 Å². The largest absolute Gasteiger partial charge is 0.394 e. The molecule has 152 valence electrons. The maximum Gasteiger partial charge on any atom is 0.269 e. The fourth-order valence-corrected chi connectivity index (χ4v) is 3.82. The SMILES string of the molecule is O=[N+]([O-])c1ccc(C[C@]2(n3cnc4c(=S)nc[nH]c43)O[C@H](CO)[C@@H](O)[C@H]2O)cc1. The Morgan fingerprint density at radius 3 is 2.66 bits per heavy atom. The maximum absolute atomic E-state index is 10.9. The molecule has 2 aromatic heterocycles. The molecule has 12 heteroatoms. The Hall–Kier alpha value is -2.77. The van der Waals surface area contributed by atoms with Crippen molar-refractivity contribution in [3.63, 3.8) is 0 Å². The van der Waals surface area contributed by atoms with Crippen LogP contribution in [-0.4, -0.2) is 64.7 Å². The van der Waals surface area contributed by atoms with Crippen molar-refractivity contribution in [3.8, 4) is 0 Å². The van der Waals surface area contributed by atoms with E-state index in [1.807, 2.05) is 0 Å². The van der Waals surface area contributed by atoms with Crippen molar-refractivity contribution >= 4 is 29.1 Å². The van der Waals surface area contributed by atoms with Crippen LogP contribution in [0.5, 0.6) is 0 Å². The van der Waals surface area contributed by atoms with Gasteiger partial charge in [0.05, 0.1) is 24.2 Å². The predicted octanol–water partition coefficient (Wildman–Crippen LogP) is 0.405. The summed E-state index contributed by atoms with van der Waals surface area (Å²) >= 11 is 5.18. The van der Waals surface area contributed by atoms with E-state index >= 15 is 0 Å². The molecule has 4 rings (SSSR count). The van der Waals surface area contributed by atoms with Crippen LogP contribution in [0.3, 0.4) is 0 Å². The number of imidazole rings is 1. The lowest BCUT2D eigenvalue weighted by Crippen LogP contribution is -2.47. The minimum atomic E-state index is -1.54. The van der Waals surface area contributed by atoms with Gasteiger partial charge >= 0.3 is 0 Å². The molecule has 4 N–H and O–H groups in total. The molecule has 1 aliphatic heterocycles. The molecule has 1 saturated heterocycles. The normalized spacial score (nSPS) is 26.8. The Morgan fingerprint density at radius 1 is 1.31 bits per heavy atom. The minimum Gasteiger partial charge on any atom is -0.394 e. The number of aromatic amines is 1. The van der Waals surface area contributed by atoms with Crippen LogP contribution in [0.1, 0.15) is 5.56 Å². The summed E-state index contributed by atoms with van der Waals surface area (Å²) in [6.45, 7) is -0.509. The number of nitro benzene ring substituents is 1. The van der Waals surface area contributed by atoms with Crippen LogP contribution < -0.4 is 0 Å². The second kappa shape index (κ2) is 7.24. The number of hydrogen-bond donors (Lipinski definition) is 4. The third kappa shape index (κ3) is 3.10. The van der Waals surface area contributed by atoms with Gasteiger partial charge in [0.15, 0.2) is 10.4 Å². The van der Waals surface area contributed by atoms with Crippen LogP contribution in [0, 0.1) is 14.8 Å². The van der Waals surface area contributed by atoms with Crippen LogP contribution in [0.25, 0.3) is 11.2 Å². The summed E-state index contributed by atoms with van der Waals surface area (Å²) in [6, 6.07) is 5.76. The zero-order valence-electron chi connectivity index (χ0n) is 14.9. The minimum absolute atomic E-state index is 0.0358. The number of aliphatic hydroxyl groups is 3. The van der Waals surface area contributed by atoms with E-state index in [0.717, 1.165) is 0 Å². The summed E-state index contributed by atoms with van der Waals surface area (Å²) in [6.07, 6.45) is -1.01. The molecule has 0 aliphatic carbocycles. The average molecular weight is 419 g/mol. The number of benzene rings is 1. The number of aromatic nitrogens is 4. The molecule has 11 nitrogen and oxygen atoms in total. The highest BCUT2D eigenvalue weighted by Crippen LogP contribution is 2.40. The lowest BCUT2D eigenvalue weighted by atomic mass is 9.94. The van der Waals surface area contributed by atoms with Crippen molar-refractivity contribution in [2.24, 2.45) is 0 Å². The Kier molecular flexibility index (Phi) is 4.88. The zero-order valence-corrected chi connectivity index (χ0v) is 15.7. The second-order valence-electron chi connectivity index (χ2n) is 6.74. The molecule has 4 atom stereocenters. The van der Waals surface area contributed by atoms with E-state index in [-0.39, 0.29) is 16.7 Å². The number of nitro groups is 1. The lowest BCUT2D eigenvalue weighted by molar-refractivity contribution is -0.384. The number of hydrogen-bond acceptors (Lipinski definition) is 9. The van der Waals surface area contributed by atoms with Crippen molar-refractivity contribution in [1.29, 1.82) is 0 Å². The molecule has 1 fully saturated rings. The molecule has 3 aromatic rings. The van der Waals surface area contributed by atoms with Crippen LogP contribution >= 0.6 is 12.2 Å². The van der Waals surface area contributed by atoms with Gasteiger partial charge < -0.3 is 25.0 Å². The van der Waals surface area contributed by atoms with Crippen LogP contribution in [0.2, 0.25) is 0 Å². The van der Waals surface area contributed by atoms with Crippen LogP contribution in [0.4, 0.5) is 5.69 Å². The topological polar surface area (TPSA) is 160 Å². The monoisotopic (exact) mass is 419 g/mol. The van der Waals surface area contributed by atoms with Gasteiger partial charge in [-0.2, -0.15) is 0 Å². The lowest BCUT2D eigenvalue weighted by Gasteiger charge is -2.34. The summed E-state index contributed by atoms with van der Waals surface area (Å²) in [7, 11) is 0. The van der Waals surface area contributed by atoms with Gasteiger partial charge in [-0.3, -0.25) is 14.7 Å². The first-order valence-electron chi connectivity index (χ1n) is 8.67. The highest BCUT2D eigenvalue weighted by Gasteiger charge is 2.55. The fourth-order valence-electron chi connectivity index (χ4n) is 3.62. The van der Waals surface area contributed by atoms with Gasteiger partial charge in [-0.1, -0.05) is 24.4 Å². The van der Waals surface area contributed by atoms with Gasteiger partial charge in [-0.05, 0) is 5.56 Å². The van der Waals surface area contributed by atoms with E-state index < -0.39 is 35.6 Å². The second-order valence-corrected chi connectivity index (χ2v) is 7.13. The molecule has 0 saturated carbocycles. The highest BCUT2D eigenvalue weighted by atomic mass is 32.1. The van der Waals surface area contributed by atoms with Gasteiger partial charge in [0.2, 0.25) is 0 Å². The summed E-state index contributed by atoms with van der Waals surface area (Å²) in [5.74, 6) is 0. The molecule has 29 heavy (non-hydrogen) atoms. The van der Waals surface area contributed by atoms with Gasteiger partial charge in [0, 0.05) is 18.6 Å². The standard InChI is InChI=1S/C17H17N5O6S/c23-6-11-13(24)14(25)17(28-11,5-9-1-3-10(4-2-9)22(26)27)21-8-20-12-15(21)18-7-19-16(12)29/h1-4,7-8,11,13-14,23-25H,5-6H2,(H,18,19,29)/t11-,13-,14-,17+/m1/s1. The quantitative estimate of drug-likeness (QED) is 0.261. The summed E-state index contributed by atoms with van der Waals surface area (Å²) in [5, 5.41) is 41.8. The number of fused-ring (bicyclic) bond motifs is 1.